The van der Waals surface area contributed by atoms with Crippen molar-refractivity contribution in [2.75, 3.05) is 12.4 Å². The Morgan fingerprint density at radius 1 is 1.03 bits per heavy atom. The number of carbonyl (C=O) groups excluding carboxylic acids is 1. The lowest BCUT2D eigenvalue weighted by Gasteiger charge is -2.10. The Bertz CT molecular complexity index is 1460. The molecular formula is C25H16Cl2N2O3S. The molecule has 1 amide bonds. The minimum absolute atomic E-state index is 0.133. The van der Waals surface area contributed by atoms with Crippen LogP contribution < -0.4 is 10.1 Å². The van der Waals surface area contributed by atoms with E-state index in [4.69, 9.17) is 37.3 Å². The highest BCUT2D eigenvalue weighted by molar-refractivity contribution is 7.21. The van der Waals surface area contributed by atoms with E-state index in [0.29, 0.717) is 32.8 Å². The van der Waals surface area contributed by atoms with Gasteiger partial charge in [-0.3, -0.25) is 4.79 Å². The number of nitrogens with one attached hydrogen (secondary N) is 1. The Morgan fingerprint density at radius 3 is 2.70 bits per heavy atom. The summed E-state index contributed by atoms with van der Waals surface area (Å²) < 4.78 is 12.3. The molecule has 0 saturated heterocycles. The molecule has 8 heteroatoms. The first-order chi connectivity index (χ1) is 16.0. The second kappa shape index (κ2) is 8.90. The van der Waals surface area contributed by atoms with E-state index in [2.05, 4.69) is 5.32 Å². The smallest absolute Gasteiger partial charge is 0.291 e. The van der Waals surface area contributed by atoms with Gasteiger partial charge >= 0.3 is 0 Å². The fraction of sp³-hybridized carbons (Fsp3) is 0.0400. The molecule has 5 rings (SSSR count). The first-order valence-corrected chi connectivity index (χ1v) is 11.5. The van der Waals surface area contributed by atoms with E-state index < -0.39 is 5.91 Å². The van der Waals surface area contributed by atoms with E-state index in [-0.39, 0.29) is 5.76 Å². The molecule has 0 aliphatic heterocycles. The molecular weight excluding hydrogens is 479 g/mol. The lowest BCUT2D eigenvalue weighted by Crippen LogP contribution is -2.11. The number of thiazole rings is 1. The average Bonchev–Trinajstić information content (AvgIpc) is 3.48. The summed E-state index contributed by atoms with van der Waals surface area (Å²) >= 11 is 14.0. The number of aromatic nitrogens is 1. The zero-order valence-corrected chi connectivity index (χ0v) is 19.6. The number of anilines is 1. The summed E-state index contributed by atoms with van der Waals surface area (Å²) in [5.74, 6) is 0.688. The normalized spacial score (nSPS) is 11.0. The van der Waals surface area contributed by atoms with Crippen LogP contribution in [0.25, 0.3) is 32.1 Å². The zero-order chi connectivity index (χ0) is 22.9. The molecule has 3 aromatic carbocycles. The van der Waals surface area contributed by atoms with Crippen molar-refractivity contribution in [2.45, 2.75) is 0 Å². The van der Waals surface area contributed by atoms with E-state index in [9.17, 15) is 4.79 Å². The van der Waals surface area contributed by atoms with Gasteiger partial charge in [0.2, 0.25) is 0 Å². The molecule has 0 aliphatic carbocycles. The number of methoxy groups -OCH3 is 1. The molecule has 0 fully saturated rings. The summed E-state index contributed by atoms with van der Waals surface area (Å²) in [4.78, 5) is 17.6. The Labute approximate surface area is 203 Å². The zero-order valence-electron chi connectivity index (χ0n) is 17.3. The predicted octanol–water partition coefficient (Wildman–Crippen LogP) is 7.79. The maximum Gasteiger partial charge on any atom is 0.291 e. The molecule has 0 bridgehead atoms. The minimum atomic E-state index is -0.417. The van der Waals surface area contributed by atoms with Gasteiger partial charge in [0.25, 0.3) is 5.91 Å². The number of carbonyl (C=O) groups is 1. The molecule has 0 spiro atoms. The van der Waals surface area contributed by atoms with Crippen LogP contribution in [0.2, 0.25) is 10.0 Å². The van der Waals surface area contributed by atoms with Gasteiger partial charge in [-0.1, -0.05) is 41.4 Å². The highest BCUT2D eigenvalue weighted by atomic mass is 35.5. The van der Waals surface area contributed by atoms with Crippen LogP contribution in [-0.2, 0) is 0 Å². The minimum Gasteiger partial charge on any atom is -0.495 e. The third-order valence-corrected chi connectivity index (χ3v) is 6.94. The van der Waals surface area contributed by atoms with Crippen molar-refractivity contribution in [3.8, 4) is 27.6 Å². The van der Waals surface area contributed by atoms with Gasteiger partial charge in [0, 0.05) is 11.1 Å². The van der Waals surface area contributed by atoms with Crippen molar-refractivity contribution in [3.63, 3.8) is 0 Å². The number of furan rings is 1. The maximum absolute atomic E-state index is 12.9. The number of amides is 1. The van der Waals surface area contributed by atoms with Crippen molar-refractivity contribution in [3.05, 3.63) is 88.6 Å². The van der Waals surface area contributed by atoms with Gasteiger partial charge in [-0.05, 0) is 54.6 Å². The standard InChI is InChI=1S/C25H16Cl2N2O3S/c1-31-20-10-9-14(25-29-17-7-2-3-8-22(17)33-25)13-18(20)28-24(30)21-12-11-19(32-21)15-5-4-6-16(26)23(15)27/h2-13H,1H3,(H,28,30). The largest absolute Gasteiger partial charge is 0.495 e. The van der Waals surface area contributed by atoms with Crippen molar-refractivity contribution >= 4 is 56.3 Å². The third kappa shape index (κ3) is 4.20. The first-order valence-electron chi connectivity index (χ1n) is 9.93. The molecule has 33 heavy (non-hydrogen) atoms. The molecule has 0 atom stereocenters. The van der Waals surface area contributed by atoms with Crippen LogP contribution in [0.5, 0.6) is 5.75 Å². The number of fused-ring (bicyclic) bond motifs is 1. The molecule has 1 N–H and O–H groups in total. The van der Waals surface area contributed by atoms with Crippen molar-refractivity contribution in [2.24, 2.45) is 0 Å². The van der Waals surface area contributed by atoms with E-state index in [1.807, 2.05) is 36.4 Å². The van der Waals surface area contributed by atoms with Gasteiger partial charge in [-0.25, -0.2) is 4.98 Å². The number of hydrogen-bond donors (Lipinski definition) is 1. The van der Waals surface area contributed by atoms with Gasteiger partial charge in [0.15, 0.2) is 5.76 Å². The summed E-state index contributed by atoms with van der Waals surface area (Å²) in [5, 5.41) is 4.50. The van der Waals surface area contributed by atoms with Crippen LogP contribution in [0.1, 0.15) is 10.6 Å². The van der Waals surface area contributed by atoms with E-state index in [1.165, 1.54) is 0 Å². The molecule has 2 aromatic heterocycles. The van der Waals surface area contributed by atoms with Crippen molar-refractivity contribution < 1.29 is 13.9 Å². The molecule has 0 unspecified atom stereocenters. The predicted molar refractivity (Wildman–Crippen MR) is 134 cm³/mol. The molecule has 2 heterocycles. The molecule has 164 valence electrons. The Morgan fingerprint density at radius 2 is 1.88 bits per heavy atom. The maximum atomic E-state index is 12.9. The van der Waals surface area contributed by atoms with Crippen molar-refractivity contribution in [1.29, 1.82) is 0 Å². The summed E-state index contributed by atoms with van der Waals surface area (Å²) in [6.07, 6.45) is 0. The van der Waals surface area contributed by atoms with Gasteiger partial charge < -0.3 is 14.5 Å². The van der Waals surface area contributed by atoms with Crippen LogP contribution >= 0.6 is 34.5 Å². The van der Waals surface area contributed by atoms with E-state index >= 15 is 0 Å². The molecule has 0 radical (unpaired) electrons. The topological polar surface area (TPSA) is 64.4 Å². The second-order valence-electron chi connectivity index (χ2n) is 7.12. The summed E-state index contributed by atoms with van der Waals surface area (Å²) in [7, 11) is 1.55. The number of nitrogens with zero attached hydrogens (tertiary/aromatic N) is 1. The summed E-state index contributed by atoms with van der Waals surface area (Å²) in [5.41, 5.74) is 2.93. The molecule has 0 aliphatic rings. The number of halogens is 2. The van der Waals surface area contributed by atoms with Crippen LogP contribution in [0, 0.1) is 0 Å². The van der Waals surface area contributed by atoms with Crippen LogP contribution in [0.3, 0.4) is 0 Å². The number of hydrogen-bond acceptors (Lipinski definition) is 5. The number of benzene rings is 3. The number of para-hydroxylation sites is 1. The monoisotopic (exact) mass is 494 g/mol. The Balaban J connectivity index is 1.44. The van der Waals surface area contributed by atoms with Crippen LogP contribution in [-0.4, -0.2) is 18.0 Å². The van der Waals surface area contributed by atoms with Crippen molar-refractivity contribution in [1.82, 2.24) is 4.98 Å². The number of ether oxygens (including phenoxy) is 1. The van der Waals surface area contributed by atoms with E-state index in [0.717, 1.165) is 20.8 Å². The summed E-state index contributed by atoms with van der Waals surface area (Å²) in [6.45, 7) is 0. The Kier molecular flexibility index (Phi) is 5.81. The van der Waals surface area contributed by atoms with E-state index in [1.54, 1.807) is 54.8 Å². The Hall–Kier alpha value is -3.32. The fourth-order valence-electron chi connectivity index (χ4n) is 3.42. The quantitative estimate of drug-likeness (QED) is 0.270. The lowest BCUT2D eigenvalue weighted by molar-refractivity contribution is 0.0997. The first kappa shape index (κ1) is 21.5. The van der Waals surface area contributed by atoms with Gasteiger partial charge in [-0.15, -0.1) is 11.3 Å². The molecule has 5 aromatic rings. The lowest BCUT2D eigenvalue weighted by atomic mass is 10.2. The van der Waals surface area contributed by atoms with Crippen LogP contribution in [0.15, 0.2) is 77.2 Å². The highest BCUT2D eigenvalue weighted by Crippen LogP contribution is 2.36. The molecule has 5 nitrogen and oxygen atoms in total. The third-order valence-electron chi connectivity index (χ3n) is 5.04. The van der Waals surface area contributed by atoms with Gasteiger partial charge in [0.05, 0.1) is 33.1 Å². The van der Waals surface area contributed by atoms with Gasteiger partial charge in [-0.2, -0.15) is 0 Å². The second-order valence-corrected chi connectivity index (χ2v) is 8.94. The fourth-order valence-corrected chi connectivity index (χ4v) is 4.77. The van der Waals surface area contributed by atoms with Gasteiger partial charge in [0.1, 0.15) is 16.5 Å². The summed E-state index contributed by atoms with van der Waals surface area (Å²) in [6, 6.07) is 22.0. The number of rotatable bonds is 5. The van der Waals surface area contributed by atoms with Crippen LogP contribution in [0.4, 0.5) is 5.69 Å². The average molecular weight is 495 g/mol. The highest BCUT2D eigenvalue weighted by Gasteiger charge is 2.18. The SMILES string of the molecule is COc1ccc(-c2nc3ccccc3s2)cc1NC(=O)c1ccc(-c2cccc(Cl)c2Cl)o1. The molecule has 0 saturated carbocycles.